The van der Waals surface area contributed by atoms with Crippen LogP contribution in [0.3, 0.4) is 0 Å². The minimum absolute atomic E-state index is 0.572. The molecule has 1 aromatic rings. The molecule has 0 fully saturated rings. The number of benzene rings is 1. The van der Waals surface area contributed by atoms with E-state index >= 15 is 0 Å². The molecule has 0 aromatic heterocycles. The van der Waals surface area contributed by atoms with Crippen molar-refractivity contribution >= 4 is 5.69 Å². The molecule has 0 N–H and O–H groups in total. The number of hydrogen-bond donors (Lipinski definition) is 0. The lowest BCUT2D eigenvalue weighted by atomic mass is 10.1. The van der Waals surface area contributed by atoms with Gasteiger partial charge < -0.3 is 0 Å². The molecule has 0 atom stereocenters. The molecule has 0 radical (unpaired) electrons. The van der Waals surface area contributed by atoms with Crippen molar-refractivity contribution in [2.45, 2.75) is 34.1 Å². The largest absolute Gasteiger partial charge is 0.188 e. The van der Waals surface area contributed by atoms with Crippen LogP contribution in [0.4, 0.5) is 5.69 Å². The Hall–Kier alpha value is -1.18. The first-order valence-electron chi connectivity index (χ1n) is 5.61. The maximum Gasteiger partial charge on any atom is 0.0913 e. The molecule has 82 valence electrons. The summed E-state index contributed by atoms with van der Waals surface area (Å²) in [5.74, 6) is 0.572. The minimum atomic E-state index is 0.572. The molecule has 0 spiro atoms. The predicted molar refractivity (Wildman–Crippen MR) is 64.8 cm³/mol. The van der Waals surface area contributed by atoms with E-state index in [2.05, 4.69) is 56.1 Å². The summed E-state index contributed by atoms with van der Waals surface area (Å²) in [4.78, 5) is 0. The number of rotatable bonds is 4. The van der Waals surface area contributed by atoms with Crippen LogP contribution in [0.5, 0.6) is 0 Å². The van der Waals surface area contributed by atoms with Gasteiger partial charge in [-0.25, -0.2) is 0 Å². The van der Waals surface area contributed by atoms with Crippen LogP contribution in [0.1, 0.15) is 31.9 Å². The highest BCUT2D eigenvalue weighted by Crippen LogP contribution is 2.24. The molecule has 2 nitrogen and oxygen atoms in total. The highest BCUT2D eigenvalue weighted by atomic mass is 15.1. The average molecular weight is 204 g/mol. The topological polar surface area (TPSA) is 24.7 Å². The predicted octanol–water partition coefficient (Wildman–Crippen LogP) is 4.30. The van der Waals surface area contributed by atoms with E-state index in [-0.39, 0.29) is 0 Å². The maximum absolute atomic E-state index is 4.34. The molecule has 0 aliphatic heterocycles. The molecule has 0 saturated heterocycles. The van der Waals surface area contributed by atoms with Crippen molar-refractivity contribution < 1.29 is 0 Å². The number of aryl methyl sites for hydroxylation is 2. The molecular weight excluding hydrogens is 184 g/mol. The minimum Gasteiger partial charge on any atom is -0.188 e. The van der Waals surface area contributed by atoms with Gasteiger partial charge in [0.1, 0.15) is 0 Å². The lowest BCUT2D eigenvalue weighted by Crippen LogP contribution is -1.90. The smallest absolute Gasteiger partial charge is 0.0913 e. The highest BCUT2D eigenvalue weighted by Gasteiger charge is 2.02. The second-order valence-electron chi connectivity index (χ2n) is 4.25. The maximum atomic E-state index is 4.34. The fourth-order valence-electron chi connectivity index (χ4n) is 1.42. The molecule has 15 heavy (non-hydrogen) atoms. The number of azo groups is 1. The second kappa shape index (κ2) is 5.64. The van der Waals surface area contributed by atoms with Gasteiger partial charge in [-0.1, -0.05) is 39.0 Å². The van der Waals surface area contributed by atoms with E-state index in [1.807, 2.05) is 0 Å². The first-order chi connectivity index (χ1) is 7.15. The zero-order valence-electron chi connectivity index (χ0n) is 10.1. The van der Waals surface area contributed by atoms with E-state index < -0.39 is 0 Å². The SMILES string of the molecule is CCc1cccc(C)c1/N=N/CC(C)C. The summed E-state index contributed by atoms with van der Waals surface area (Å²) in [5.41, 5.74) is 3.55. The molecular formula is C13H20N2. The van der Waals surface area contributed by atoms with E-state index in [1.54, 1.807) is 0 Å². The van der Waals surface area contributed by atoms with Crippen LogP contribution in [0, 0.1) is 12.8 Å². The Morgan fingerprint density at radius 1 is 1.27 bits per heavy atom. The Bertz CT molecular complexity index is 340. The third-order valence-electron chi connectivity index (χ3n) is 2.32. The molecule has 0 aliphatic carbocycles. The summed E-state index contributed by atoms with van der Waals surface area (Å²) in [6.07, 6.45) is 1.01. The van der Waals surface area contributed by atoms with Crippen LogP contribution in [0.15, 0.2) is 28.4 Å². The highest BCUT2D eigenvalue weighted by molar-refractivity contribution is 5.51. The van der Waals surface area contributed by atoms with Crippen LogP contribution in [-0.4, -0.2) is 6.54 Å². The molecule has 1 rings (SSSR count). The van der Waals surface area contributed by atoms with Gasteiger partial charge in [-0.05, 0) is 30.4 Å². The molecule has 1 aromatic carbocycles. The van der Waals surface area contributed by atoms with Crippen molar-refractivity contribution in [2.75, 3.05) is 6.54 Å². The van der Waals surface area contributed by atoms with E-state index in [0.717, 1.165) is 18.7 Å². The van der Waals surface area contributed by atoms with Crippen molar-refractivity contribution in [2.24, 2.45) is 16.1 Å². The molecule has 0 amide bonds. The summed E-state index contributed by atoms with van der Waals surface area (Å²) in [6.45, 7) is 9.34. The van der Waals surface area contributed by atoms with E-state index in [0.29, 0.717) is 5.92 Å². The molecule has 0 aliphatic rings. The first-order valence-corrected chi connectivity index (χ1v) is 5.61. The van der Waals surface area contributed by atoms with Crippen LogP contribution >= 0.6 is 0 Å². The lowest BCUT2D eigenvalue weighted by molar-refractivity contribution is 0.647. The second-order valence-corrected chi connectivity index (χ2v) is 4.25. The van der Waals surface area contributed by atoms with Gasteiger partial charge in [-0.15, -0.1) is 0 Å². The van der Waals surface area contributed by atoms with Crippen LogP contribution < -0.4 is 0 Å². The Morgan fingerprint density at radius 2 is 2.00 bits per heavy atom. The summed E-state index contributed by atoms with van der Waals surface area (Å²) in [7, 11) is 0. The van der Waals surface area contributed by atoms with Crippen molar-refractivity contribution in [1.82, 2.24) is 0 Å². The molecule has 2 heteroatoms. The van der Waals surface area contributed by atoms with Crippen molar-refractivity contribution in [3.63, 3.8) is 0 Å². The summed E-state index contributed by atoms with van der Waals surface area (Å²) < 4.78 is 0. The van der Waals surface area contributed by atoms with Gasteiger partial charge in [-0.3, -0.25) is 0 Å². The standard InChI is InChI=1S/C13H20N2/c1-5-12-8-6-7-11(4)13(12)15-14-9-10(2)3/h6-8,10H,5,9H2,1-4H3/b15-14+. The fourth-order valence-corrected chi connectivity index (χ4v) is 1.42. The Kier molecular flexibility index (Phi) is 4.47. The average Bonchev–Trinajstić information content (AvgIpc) is 2.20. The molecule has 0 unspecified atom stereocenters. The van der Waals surface area contributed by atoms with Crippen molar-refractivity contribution in [3.05, 3.63) is 29.3 Å². The van der Waals surface area contributed by atoms with E-state index in [9.17, 15) is 0 Å². The molecule has 0 bridgehead atoms. The van der Waals surface area contributed by atoms with Gasteiger partial charge in [0.25, 0.3) is 0 Å². The van der Waals surface area contributed by atoms with Crippen LogP contribution in [-0.2, 0) is 6.42 Å². The van der Waals surface area contributed by atoms with E-state index in [4.69, 9.17) is 0 Å². The van der Waals surface area contributed by atoms with Gasteiger partial charge in [0.15, 0.2) is 0 Å². The van der Waals surface area contributed by atoms with Gasteiger partial charge in [0.05, 0.1) is 12.2 Å². The monoisotopic (exact) mass is 204 g/mol. The summed E-state index contributed by atoms with van der Waals surface area (Å²) in [6, 6.07) is 6.29. The van der Waals surface area contributed by atoms with Crippen LogP contribution in [0.25, 0.3) is 0 Å². The Labute approximate surface area is 92.4 Å². The first kappa shape index (κ1) is 11.9. The lowest BCUT2D eigenvalue weighted by Gasteiger charge is -2.05. The third-order valence-corrected chi connectivity index (χ3v) is 2.32. The number of hydrogen-bond acceptors (Lipinski definition) is 2. The molecule has 0 heterocycles. The van der Waals surface area contributed by atoms with Gasteiger partial charge in [-0.2, -0.15) is 10.2 Å². The quantitative estimate of drug-likeness (QED) is 0.653. The Balaban J connectivity index is 2.87. The zero-order valence-corrected chi connectivity index (χ0v) is 10.1. The summed E-state index contributed by atoms with van der Waals surface area (Å²) in [5, 5.41) is 8.58. The van der Waals surface area contributed by atoms with Gasteiger partial charge in [0.2, 0.25) is 0 Å². The normalized spacial score (nSPS) is 11.5. The van der Waals surface area contributed by atoms with Crippen LogP contribution in [0.2, 0.25) is 0 Å². The number of nitrogens with zero attached hydrogens (tertiary/aromatic N) is 2. The van der Waals surface area contributed by atoms with Crippen molar-refractivity contribution in [1.29, 1.82) is 0 Å². The summed E-state index contributed by atoms with van der Waals surface area (Å²) >= 11 is 0. The zero-order chi connectivity index (χ0) is 11.3. The third kappa shape index (κ3) is 3.46. The van der Waals surface area contributed by atoms with E-state index in [1.165, 1.54) is 11.1 Å². The Morgan fingerprint density at radius 3 is 2.60 bits per heavy atom. The fraction of sp³-hybridized carbons (Fsp3) is 0.538. The van der Waals surface area contributed by atoms with Gasteiger partial charge >= 0.3 is 0 Å². The van der Waals surface area contributed by atoms with Gasteiger partial charge in [0, 0.05) is 0 Å². The molecule has 0 saturated carbocycles. The van der Waals surface area contributed by atoms with Crippen molar-refractivity contribution in [3.8, 4) is 0 Å².